The summed E-state index contributed by atoms with van der Waals surface area (Å²) in [7, 11) is 6.34. The van der Waals surface area contributed by atoms with Crippen molar-refractivity contribution in [3.05, 3.63) is 0 Å². The molecule has 0 aromatic carbocycles. The van der Waals surface area contributed by atoms with Crippen LogP contribution in [-0.4, -0.2) is 54.3 Å². The summed E-state index contributed by atoms with van der Waals surface area (Å²) in [5.74, 6) is 0. The van der Waals surface area contributed by atoms with Crippen LogP contribution in [0, 0.1) is 0 Å². The minimum atomic E-state index is -0.437. The normalized spacial score (nSPS) is 24.0. The molecular weight excluding hydrogens is 251 g/mol. The van der Waals surface area contributed by atoms with Gasteiger partial charge in [-0.3, -0.25) is 0 Å². The van der Waals surface area contributed by atoms with Gasteiger partial charge < -0.3 is 21.6 Å². The van der Waals surface area contributed by atoms with Crippen LogP contribution in [0.4, 0.5) is 4.79 Å². The van der Waals surface area contributed by atoms with E-state index in [2.05, 4.69) is 21.1 Å². The van der Waals surface area contributed by atoms with Gasteiger partial charge >= 0.3 is 6.09 Å². The van der Waals surface area contributed by atoms with Crippen molar-refractivity contribution in [2.24, 2.45) is 0 Å². The van der Waals surface area contributed by atoms with Gasteiger partial charge in [-0.2, -0.15) is 0 Å². The maximum Gasteiger partial charge on any atom is 0.425 e. The van der Waals surface area contributed by atoms with Crippen molar-refractivity contribution in [3.8, 4) is 0 Å². The predicted octanol–water partition coefficient (Wildman–Crippen LogP) is -1.16. The van der Waals surface area contributed by atoms with Crippen molar-refractivity contribution >= 4 is 17.9 Å². The largest absolute Gasteiger partial charge is 1.00 e. The average Bonchev–Trinajstić information content (AvgIpc) is 2.25. The molecule has 0 N–H and O–H groups in total. The number of ether oxygens (including phenoxy) is 1. The van der Waals surface area contributed by atoms with Gasteiger partial charge in [-0.15, -0.1) is 0 Å². The average molecular weight is 271 g/mol. The van der Waals surface area contributed by atoms with Crippen molar-refractivity contribution < 1.29 is 26.4 Å². The van der Waals surface area contributed by atoms with Crippen molar-refractivity contribution in [2.45, 2.75) is 31.9 Å². The Kier molecular flexibility index (Phi) is 4.92. The minimum absolute atomic E-state index is 0. The van der Waals surface area contributed by atoms with Gasteiger partial charge in [0.2, 0.25) is 0 Å². The number of hydrogen-bond acceptors (Lipinski definition) is 2. The topological polar surface area (TPSA) is 29.5 Å². The van der Waals surface area contributed by atoms with Crippen molar-refractivity contribution in [3.63, 3.8) is 0 Å². The highest BCUT2D eigenvalue weighted by atomic mass is 35.5. The Balaban J connectivity index is 0.00000225. The summed E-state index contributed by atoms with van der Waals surface area (Å²) in [6.07, 6.45) is 0.263. The van der Waals surface area contributed by atoms with Gasteiger partial charge in [-0.1, -0.05) is 0 Å². The van der Waals surface area contributed by atoms with Gasteiger partial charge in [-0.05, 0) is 13.8 Å². The first-order valence-electron chi connectivity index (χ1n) is 5.11. The molecule has 0 aromatic rings. The second kappa shape index (κ2) is 4.98. The van der Waals surface area contributed by atoms with E-state index >= 15 is 0 Å². The van der Waals surface area contributed by atoms with Gasteiger partial charge in [0.15, 0.2) is 0 Å². The van der Waals surface area contributed by atoms with E-state index in [9.17, 15) is 4.79 Å². The summed E-state index contributed by atoms with van der Waals surface area (Å²) >= 11 is 5.85. The molecule has 1 heterocycles. The zero-order chi connectivity index (χ0) is 11.9. The smallest absolute Gasteiger partial charge is 0.425 e. The molecule has 0 bridgehead atoms. The van der Waals surface area contributed by atoms with E-state index in [0.29, 0.717) is 0 Å². The molecule has 1 atom stereocenters. The molecular formula is C10H20Cl2N2O2. The lowest BCUT2D eigenvalue weighted by Crippen LogP contribution is -3.00. The molecule has 0 saturated carbocycles. The molecule has 1 saturated heterocycles. The summed E-state index contributed by atoms with van der Waals surface area (Å²) in [4.78, 5) is 11.3. The molecule has 1 aliphatic heterocycles. The minimum Gasteiger partial charge on any atom is -1.00 e. The lowest BCUT2D eigenvalue weighted by molar-refractivity contribution is -0.870. The molecule has 1 aliphatic rings. The van der Waals surface area contributed by atoms with Crippen LogP contribution in [0.15, 0.2) is 0 Å². The van der Waals surface area contributed by atoms with Crippen LogP contribution in [0.2, 0.25) is 0 Å². The lowest BCUT2D eigenvalue weighted by Gasteiger charge is -2.30. The van der Waals surface area contributed by atoms with Gasteiger partial charge in [0, 0.05) is 18.2 Å². The second-order valence-corrected chi connectivity index (χ2v) is 5.95. The molecule has 1 unspecified atom stereocenters. The Hall–Kier alpha value is -0.190. The highest BCUT2D eigenvalue weighted by molar-refractivity contribution is 6.21. The zero-order valence-electron chi connectivity index (χ0n) is 10.5. The second-order valence-electron chi connectivity index (χ2n) is 5.61. The monoisotopic (exact) mass is 270 g/mol. The Morgan fingerprint density at radius 1 is 1.44 bits per heavy atom. The van der Waals surface area contributed by atoms with Crippen molar-refractivity contribution in [1.82, 2.24) is 4.42 Å². The third-order valence-electron chi connectivity index (χ3n) is 2.76. The van der Waals surface area contributed by atoms with E-state index in [1.54, 1.807) is 0 Å². The zero-order valence-corrected chi connectivity index (χ0v) is 12.0. The van der Waals surface area contributed by atoms with Crippen molar-refractivity contribution in [1.29, 1.82) is 0 Å². The third kappa shape index (κ3) is 3.40. The van der Waals surface area contributed by atoms with Crippen LogP contribution in [0.1, 0.15) is 20.3 Å². The van der Waals surface area contributed by atoms with E-state index in [1.807, 2.05) is 13.8 Å². The van der Waals surface area contributed by atoms with Gasteiger partial charge in [0.05, 0.1) is 33.2 Å². The van der Waals surface area contributed by atoms with Crippen LogP contribution < -0.4 is 12.4 Å². The summed E-state index contributed by atoms with van der Waals surface area (Å²) in [5, 5.41) is 0. The van der Waals surface area contributed by atoms with Crippen LogP contribution in [0.5, 0.6) is 0 Å². The quantitative estimate of drug-likeness (QED) is 0.479. The van der Waals surface area contributed by atoms with E-state index in [0.717, 1.165) is 21.9 Å². The number of rotatable bonds is 3. The molecule has 16 heavy (non-hydrogen) atoms. The van der Waals surface area contributed by atoms with E-state index in [1.165, 1.54) is 0 Å². The SMILES string of the molecule is CC1(C)C(CC[N+](C)(C)C)OC(=O)N1Cl.[Cl-]. The Morgan fingerprint density at radius 2 is 1.94 bits per heavy atom. The number of nitrogens with zero attached hydrogens (tertiary/aromatic N) is 2. The first-order valence-corrected chi connectivity index (χ1v) is 5.45. The number of cyclic esters (lactones) is 1. The van der Waals surface area contributed by atoms with Crippen LogP contribution in [-0.2, 0) is 4.74 Å². The highest BCUT2D eigenvalue weighted by Crippen LogP contribution is 2.33. The maximum absolute atomic E-state index is 11.3. The van der Waals surface area contributed by atoms with Gasteiger partial charge in [0.1, 0.15) is 6.10 Å². The molecule has 1 amide bonds. The molecule has 0 aliphatic carbocycles. The number of hydrogen-bond donors (Lipinski definition) is 0. The predicted molar refractivity (Wildman–Crippen MR) is 59.6 cm³/mol. The summed E-state index contributed by atoms with van der Waals surface area (Å²) in [6.45, 7) is 4.79. The van der Waals surface area contributed by atoms with Crippen LogP contribution in [0.3, 0.4) is 0 Å². The van der Waals surface area contributed by atoms with Crippen molar-refractivity contribution in [2.75, 3.05) is 27.7 Å². The molecule has 4 nitrogen and oxygen atoms in total. The fourth-order valence-electron chi connectivity index (χ4n) is 1.59. The fourth-order valence-corrected chi connectivity index (χ4v) is 1.74. The van der Waals surface area contributed by atoms with E-state index in [-0.39, 0.29) is 18.5 Å². The van der Waals surface area contributed by atoms with E-state index in [4.69, 9.17) is 16.5 Å². The van der Waals surface area contributed by atoms with Gasteiger partial charge in [-0.25, -0.2) is 9.21 Å². The van der Waals surface area contributed by atoms with Crippen LogP contribution in [0.25, 0.3) is 0 Å². The molecule has 6 heteroatoms. The molecule has 1 fully saturated rings. The Bertz CT molecular complexity index is 264. The highest BCUT2D eigenvalue weighted by Gasteiger charge is 2.48. The molecule has 1 rings (SSSR count). The molecule has 0 aromatic heterocycles. The first-order chi connectivity index (χ1) is 6.64. The number of carbonyl (C=O) groups is 1. The fraction of sp³-hybridized carbons (Fsp3) is 0.900. The summed E-state index contributed by atoms with van der Waals surface area (Å²) in [6, 6.07) is 0. The van der Waals surface area contributed by atoms with Crippen LogP contribution >= 0.6 is 11.8 Å². The summed E-state index contributed by atoms with van der Waals surface area (Å²) < 4.78 is 7.24. The Morgan fingerprint density at radius 3 is 2.25 bits per heavy atom. The molecule has 0 radical (unpaired) electrons. The van der Waals surface area contributed by atoms with E-state index < -0.39 is 11.6 Å². The first kappa shape index (κ1) is 15.8. The molecule has 0 spiro atoms. The van der Waals surface area contributed by atoms with Gasteiger partial charge in [0.25, 0.3) is 0 Å². The lowest BCUT2D eigenvalue weighted by atomic mass is 9.95. The number of carbonyl (C=O) groups excluding carboxylic acids is 1. The third-order valence-corrected chi connectivity index (χ3v) is 3.33. The standard InChI is InChI=1S/C10H20ClN2O2.ClH/c1-10(2)8(6-7-13(3,4)5)15-9(14)12(10)11;/h8H,6-7H2,1-5H3;1H/q+1;/p-1. The summed E-state index contributed by atoms with van der Waals surface area (Å²) in [5.41, 5.74) is -0.423. The molecule has 96 valence electrons. The number of quaternary nitrogens is 1. The number of halogens is 2. The number of amides is 1. The maximum atomic E-state index is 11.3. The Labute approximate surface area is 109 Å².